The van der Waals surface area contributed by atoms with Gasteiger partial charge in [0.15, 0.2) is 0 Å². The summed E-state index contributed by atoms with van der Waals surface area (Å²) in [5.74, 6) is -0.284. The number of halogens is 1. The van der Waals surface area contributed by atoms with Crippen LogP contribution in [0.15, 0.2) is 18.2 Å². The first-order valence-electron chi connectivity index (χ1n) is 6.07. The van der Waals surface area contributed by atoms with Crippen LogP contribution in [0.4, 0.5) is 4.39 Å². The molecule has 3 heteroatoms. The summed E-state index contributed by atoms with van der Waals surface area (Å²) in [6.45, 7) is 1.91. The molecule has 0 unspecified atom stereocenters. The Balaban J connectivity index is 2.24. The van der Waals surface area contributed by atoms with Gasteiger partial charge in [-0.05, 0) is 55.9 Å². The summed E-state index contributed by atoms with van der Waals surface area (Å²) in [5.41, 5.74) is 0.790. The Morgan fingerprint density at radius 2 is 2.00 bits per heavy atom. The minimum absolute atomic E-state index is 0.226. The molecule has 0 aliphatic heterocycles. The zero-order valence-corrected chi connectivity index (χ0v) is 10.4. The third-order valence-corrected chi connectivity index (χ3v) is 3.79. The second-order valence-electron chi connectivity index (χ2n) is 4.93. The highest BCUT2D eigenvalue weighted by molar-refractivity contribution is 5.32. The van der Waals surface area contributed by atoms with E-state index in [2.05, 4.69) is 0 Å². The van der Waals surface area contributed by atoms with Crippen molar-refractivity contribution in [3.05, 3.63) is 35.1 Å². The van der Waals surface area contributed by atoms with Crippen molar-refractivity contribution < 1.29 is 14.2 Å². The lowest BCUT2D eigenvalue weighted by molar-refractivity contribution is -0.0479. The molecule has 1 fully saturated rings. The molecule has 0 amide bonds. The molecule has 2 nitrogen and oxygen atoms in total. The molecular weight excluding hydrogens is 219 g/mol. The Morgan fingerprint density at radius 3 is 2.59 bits per heavy atom. The van der Waals surface area contributed by atoms with E-state index >= 15 is 0 Å². The van der Waals surface area contributed by atoms with Crippen molar-refractivity contribution in [3.63, 3.8) is 0 Å². The average Bonchev–Trinajstić information content (AvgIpc) is 2.33. The van der Waals surface area contributed by atoms with Gasteiger partial charge in [-0.1, -0.05) is 6.07 Å². The van der Waals surface area contributed by atoms with E-state index in [0.29, 0.717) is 12.8 Å². The number of aliphatic hydroxyl groups is 1. The maximum absolute atomic E-state index is 13.3. The van der Waals surface area contributed by atoms with Gasteiger partial charge < -0.3 is 9.84 Å². The molecule has 0 saturated heterocycles. The zero-order valence-electron chi connectivity index (χ0n) is 10.4. The lowest BCUT2D eigenvalue weighted by Gasteiger charge is -2.36. The molecule has 0 spiro atoms. The van der Waals surface area contributed by atoms with Crippen LogP contribution in [0, 0.1) is 12.7 Å². The standard InChI is InChI=1S/C14H19FO2/c1-10-3-4-11(15)9-13(10)14(16)7-5-12(17-2)6-8-14/h3-4,9,12,16H,5-8H2,1-2H3. The first-order chi connectivity index (χ1) is 8.05. The van der Waals surface area contributed by atoms with Gasteiger partial charge in [-0.2, -0.15) is 0 Å². The molecule has 1 saturated carbocycles. The van der Waals surface area contributed by atoms with Crippen molar-refractivity contribution in [2.45, 2.75) is 44.3 Å². The Bertz CT molecular complexity index is 395. The third kappa shape index (κ3) is 2.50. The van der Waals surface area contributed by atoms with E-state index in [9.17, 15) is 9.50 Å². The summed E-state index contributed by atoms with van der Waals surface area (Å²) in [4.78, 5) is 0. The molecule has 1 aliphatic rings. The van der Waals surface area contributed by atoms with Gasteiger partial charge in [-0.3, -0.25) is 0 Å². The number of methoxy groups -OCH3 is 1. The molecule has 0 heterocycles. The highest BCUT2D eigenvalue weighted by Crippen LogP contribution is 2.39. The quantitative estimate of drug-likeness (QED) is 0.858. The van der Waals surface area contributed by atoms with E-state index in [1.165, 1.54) is 12.1 Å². The van der Waals surface area contributed by atoms with Gasteiger partial charge in [0, 0.05) is 7.11 Å². The molecule has 94 valence electrons. The predicted octanol–water partition coefficient (Wildman–Crippen LogP) is 2.91. The van der Waals surface area contributed by atoms with Gasteiger partial charge in [0.05, 0.1) is 11.7 Å². The summed E-state index contributed by atoms with van der Waals surface area (Å²) in [6.07, 6.45) is 3.14. The molecule has 1 aromatic rings. The van der Waals surface area contributed by atoms with Crippen molar-refractivity contribution in [2.75, 3.05) is 7.11 Å². The van der Waals surface area contributed by atoms with Gasteiger partial charge >= 0.3 is 0 Å². The number of hydrogen-bond donors (Lipinski definition) is 1. The maximum Gasteiger partial charge on any atom is 0.123 e. The highest BCUT2D eigenvalue weighted by atomic mass is 19.1. The van der Waals surface area contributed by atoms with E-state index in [0.717, 1.165) is 24.0 Å². The number of aryl methyl sites for hydroxylation is 1. The number of hydrogen-bond acceptors (Lipinski definition) is 2. The molecule has 0 aromatic heterocycles. The van der Waals surface area contributed by atoms with Crippen LogP contribution >= 0.6 is 0 Å². The number of benzene rings is 1. The van der Waals surface area contributed by atoms with Gasteiger partial charge in [0.25, 0.3) is 0 Å². The second kappa shape index (κ2) is 4.75. The van der Waals surface area contributed by atoms with Crippen LogP contribution in [0.1, 0.15) is 36.8 Å². The fourth-order valence-corrected chi connectivity index (χ4v) is 2.67. The van der Waals surface area contributed by atoms with Crippen molar-refractivity contribution in [1.82, 2.24) is 0 Å². The van der Waals surface area contributed by atoms with Crippen LogP contribution in [-0.4, -0.2) is 18.3 Å². The first kappa shape index (κ1) is 12.5. The van der Waals surface area contributed by atoms with E-state index in [1.54, 1.807) is 13.2 Å². The maximum atomic E-state index is 13.3. The minimum atomic E-state index is -0.888. The van der Waals surface area contributed by atoms with E-state index < -0.39 is 5.60 Å². The fourth-order valence-electron chi connectivity index (χ4n) is 2.67. The number of ether oxygens (including phenoxy) is 1. The molecular formula is C14H19FO2. The van der Waals surface area contributed by atoms with Crippen LogP contribution in [0.25, 0.3) is 0 Å². The van der Waals surface area contributed by atoms with Gasteiger partial charge in [0.1, 0.15) is 5.82 Å². The second-order valence-corrected chi connectivity index (χ2v) is 4.93. The molecule has 1 aromatic carbocycles. The van der Waals surface area contributed by atoms with E-state index in [-0.39, 0.29) is 11.9 Å². The van der Waals surface area contributed by atoms with Crippen LogP contribution in [0.2, 0.25) is 0 Å². The lowest BCUT2D eigenvalue weighted by Crippen LogP contribution is -2.34. The monoisotopic (exact) mass is 238 g/mol. The average molecular weight is 238 g/mol. The minimum Gasteiger partial charge on any atom is -0.385 e. The third-order valence-electron chi connectivity index (χ3n) is 3.79. The van der Waals surface area contributed by atoms with Crippen molar-refractivity contribution >= 4 is 0 Å². The molecule has 0 bridgehead atoms. The molecule has 0 radical (unpaired) electrons. The summed E-state index contributed by atoms with van der Waals surface area (Å²) >= 11 is 0. The summed E-state index contributed by atoms with van der Waals surface area (Å²) in [5, 5.41) is 10.6. The van der Waals surface area contributed by atoms with Crippen molar-refractivity contribution in [3.8, 4) is 0 Å². The van der Waals surface area contributed by atoms with Gasteiger partial charge in [-0.15, -0.1) is 0 Å². The lowest BCUT2D eigenvalue weighted by atomic mass is 9.77. The Morgan fingerprint density at radius 1 is 1.35 bits per heavy atom. The normalized spacial score (nSPS) is 29.3. The van der Waals surface area contributed by atoms with Crippen molar-refractivity contribution in [2.24, 2.45) is 0 Å². The first-order valence-corrected chi connectivity index (χ1v) is 6.07. The van der Waals surface area contributed by atoms with Crippen molar-refractivity contribution in [1.29, 1.82) is 0 Å². The zero-order chi connectivity index (χ0) is 12.5. The smallest absolute Gasteiger partial charge is 0.123 e. The Hall–Kier alpha value is -0.930. The molecule has 1 aliphatic carbocycles. The van der Waals surface area contributed by atoms with Crippen LogP contribution in [0.3, 0.4) is 0 Å². The molecule has 17 heavy (non-hydrogen) atoms. The largest absolute Gasteiger partial charge is 0.385 e. The van der Waals surface area contributed by atoms with Crippen LogP contribution in [-0.2, 0) is 10.3 Å². The molecule has 2 rings (SSSR count). The van der Waals surface area contributed by atoms with E-state index in [4.69, 9.17) is 4.74 Å². The van der Waals surface area contributed by atoms with Gasteiger partial charge in [0.2, 0.25) is 0 Å². The fraction of sp³-hybridized carbons (Fsp3) is 0.571. The SMILES string of the molecule is COC1CCC(O)(c2cc(F)ccc2C)CC1. The summed E-state index contributed by atoms with van der Waals surface area (Å²) in [7, 11) is 1.70. The predicted molar refractivity (Wildman–Crippen MR) is 64.3 cm³/mol. The molecule has 0 atom stereocenters. The van der Waals surface area contributed by atoms with Gasteiger partial charge in [-0.25, -0.2) is 4.39 Å². The van der Waals surface area contributed by atoms with Crippen LogP contribution < -0.4 is 0 Å². The molecule has 1 N–H and O–H groups in total. The Kier molecular flexibility index (Phi) is 3.50. The van der Waals surface area contributed by atoms with E-state index in [1.807, 2.05) is 6.92 Å². The number of rotatable bonds is 2. The Labute approximate surface area is 101 Å². The van der Waals surface area contributed by atoms with Crippen LogP contribution in [0.5, 0.6) is 0 Å². The highest BCUT2D eigenvalue weighted by Gasteiger charge is 2.35. The topological polar surface area (TPSA) is 29.5 Å². The summed E-state index contributed by atoms with van der Waals surface area (Å²) < 4.78 is 18.6. The summed E-state index contributed by atoms with van der Waals surface area (Å²) in [6, 6.07) is 4.62.